The van der Waals surface area contributed by atoms with Crippen molar-refractivity contribution in [3.63, 3.8) is 0 Å². The lowest BCUT2D eigenvalue weighted by atomic mass is 10.1. The first-order chi connectivity index (χ1) is 7.69. The van der Waals surface area contributed by atoms with Gasteiger partial charge in [0.05, 0.1) is 7.11 Å². The van der Waals surface area contributed by atoms with Crippen LogP contribution in [0, 0.1) is 0 Å². The van der Waals surface area contributed by atoms with Gasteiger partial charge in [-0.3, -0.25) is 4.99 Å². The summed E-state index contributed by atoms with van der Waals surface area (Å²) >= 11 is 0. The van der Waals surface area contributed by atoms with Crippen LogP contribution in [-0.4, -0.2) is 39.8 Å². The van der Waals surface area contributed by atoms with E-state index >= 15 is 0 Å². The molecule has 0 fully saturated rings. The van der Waals surface area contributed by atoms with Crippen LogP contribution in [0.4, 0.5) is 0 Å². The molecular formula is C10H15BN2O3. The third-order valence-electron chi connectivity index (χ3n) is 1.81. The Kier molecular flexibility index (Phi) is 7.84. The zero-order valence-corrected chi connectivity index (χ0v) is 9.71. The Hall–Kier alpha value is -1.59. The fourth-order valence-electron chi connectivity index (χ4n) is 1.05. The molecule has 0 heterocycles. The Morgan fingerprint density at radius 1 is 1.50 bits per heavy atom. The van der Waals surface area contributed by atoms with Crippen LogP contribution in [0.1, 0.15) is 20.3 Å². The first kappa shape index (κ1) is 14.4. The Balaban J connectivity index is 4.65. The summed E-state index contributed by atoms with van der Waals surface area (Å²) in [7, 11) is 6.09. The predicted molar refractivity (Wildman–Crippen MR) is 63.7 cm³/mol. The van der Waals surface area contributed by atoms with E-state index in [0.717, 1.165) is 12.1 Å². The predicted octanol–water partition coefficient (Wildman–Crippen LogP) is 1.04. The van der Waals surface area contributed by atoms with Crippen molar-refractivity contribution < 1.29 is 14.2 Å². The quantitative estimate of drug-likeness (QED) is 0.292. The zero-order chi connectivity index (χ0) is 12.4. The summed E-state index contributed by atoms with van der Waals surface area (Å²) in [5.41, 5.74) is 0.743. The standard InChI is InChI=1S/C10H15BN2O3/c1-4-8(12-5-2)6-9(10(14)15-3)13-7-16-11/h4-5,7,9H,6H2,1-3H3/b8-4-,12-5?,13-7?. The Bertz CT molecular complexity index is 300. The maximum absolute atomic E-state index is 11.4. The van der Waals surface area contributed by atoms with Crippen LogP contribution in [-0.2, 0) is 14.2 Å². The highest BCUT2D eigenvalue weighted by Crippen LogP contribution is 2.11. The summed E-state index contributed by atoms with van der Waals surface area (Å²) in [4.78, 5) is 19.3. The van der Waals surface area contributed by atoms with Crippen molar-refractivity contribution in [2.75, 3.05) is 7.11 Å². The van der Waals surface area contributed by atoms with E-state index in [9.17, 15) is 4.79 Å². The van der Waals surface area contributed by atoms with Crippen molar-refractivity contribution in [1.29, 1.82) is 0 Å². The molecule has 0 saturated carbocycles. The van der Waals surface area contributed by atoms with E-state index in [1.54, 1.807) is 19.2 Å². The monoisotopic (exact) mass is 222 g/mol. The summed E-state index contributed by atoms with van der Waals surface area (Å²) < 4.78 is 8.79. The normalized spacial score (nSPS) is 14.3. The molecule has 5 nitrogen and oxygen atoms in total. The van der Waals surface area contributed by atoms with Crippen molar-refractivity contribution in [1.82, 2.24) is 0 Å². The maximum atomic E-state index is 11.4. The summed E-state index contributed by atoms with van der Waals surface area (Å²) in [6, 6.07) is -0.691. The molecule has 0 amide bonds. The van der Waals surface area contributed by atoms with Crippen molar-refractivity contribution in [2.45, 2.75) is 26.3 Å². The highest BCUT2D eigenvalue weighted by Gasteiger charge is 2.18. The van der Waals surface area contributed by atoms with E-state index in [4.69, 9.17) is 8.05 Å². The molecule has 1 unspecified atom stereocenters. The van der Waals surface area contributed by atoms with Crippen LogP contribution in [0.2, 0.25) is 0 Å². The van der Waals surface area contributed by atoms with Gasteiger partial charge in [0, 0.05) is 18.3 Å². The average Bonchev–Trinajstić information content (AvgIpc) is 2.32. The number of ether oxygens (including phenoxy) is 1. The molecule has 0 aromatic heterocycles. The van der Waals surface area contributed by atoms with Gasteiger partial charge < -0.3 is 9.39 Å². The van der Waals surface area contributed by atoms with Crippen LogP contribution in [0.25, 0.3) is 0 Å². The number of aliphatic imine (C=N–C) groups is 2. The van der Waals surface area contributed by atoms with Gasteiger partial charge >= 0.3 is 14.0 Å². The third-order valence-corrected chi connectivity index (χ3v) is 1.81. The van der Waals surface area contributed by atoms with E-state index in [1.807, 2.05) is 6.92 Å². The second kappa shape index (κ2) is 8.70. The second-order valence-corrected chi connectivity index (χ2v) is 2.80. The molecule has 0 rings (SSSR count). The third kappa shape index (κ3) is 5.33. The largest absolute Gasteiger partial charge is 0.560 e. The number of carbonyl (C=O) groups excluding carboxylic acids is 1. The fraction of sp³-hybridized carbons (Fsp3) is 0.500. The minimum absolute atomic E-state index is 0.341. The molecule has 0 aromatic rings. The lowest BCUT2D eigenvalue weighted by molar-refractivity contribution is -0.142. The number of hydrogen-bond acceptors (Lipinski definition) is 5. The van der Waals surface area contributed by atoms with Crippen molar-refractivity contribution >= 4 is 26.6 Å². The Morgan fingerprint density at radius 3 is 2.62 bits per heavy atom. The molecule has 0 spiro atoms. The van der Waals surface area contributed by atoms with Gasteiger partial charge in [0.2, 0.25) is 0 Å². The Labute approximate surface area is 96.7 Å². The average molecular weight is 222 g/mol. The molecule has 0 aliphatic heterocycles. The molecular weight excluding hydrogens is 207 g/mol. The van der Waals surface area contributed by atoms with Crippen molar-refractivity contribution in [2.24, 2.45) is 9.98 Å². The minimum atomic E-state index is -0.691. The summed E-state index contributed by atoms with van der Waals surface area (Å²) in [5, 5.41) is 0. The molecule has 0 N–H and O–H groups in total. The lowest BCUT2D eigenvalue weighted by Crippen LogP contribution is -2.21. The molecule has 86 valence electrons. The van der Waals surface area contributed by atoms with E-state index in [0.29, 0.717) is 6.42 Å². The van der Waals surface area contributed by atoms with Gasteiger partial charge in [-0.1, -0.05) is 6.08 Å². The van der Waals surface area contributed by atoms with Gasteiger partial charge in [-0.05, 0) is 13.8 Å². The molecule has 2 radical (unpaired) electrons. The van der Waals surface area contributed by atoms with Crippen molar-refractivity contribution in [3.05, 3.63) is 11.8 Å². The smallest absolute Gasteiger partial charge is 0.375 e. The molecule has 1 atom stereocenters. The topological polar surface area (TPSA) is 60.2 Å². The number of methoxy groups -OCH3 is 1. The van der Waals surface area contributed by atoms with Crippen LogP contribution in [0.15, 0.2) is 21.8 Å². The summed E-state index contributed by atoms with van der Waals surface area (Å²) in [6.07, 6.45) is 4.79. The molecule has 0 aromatic carbocycles. The SMILES string of the molecule is [B]OC=NC(C/C(=C/C)N=CC)C(=O)OC. The van der Waals surface area contributed by atoms with Crippen LogP contribution >= 0.6 is 0 Å². The first-order valence-corrected chi connectivity index (χ1v) is 4.78. The summed E-state index contributed by atoms with van der Waals surface area (Å²) in [5.74, 6) is -0.459. The first-order valence-electron chi connectivity index (χ1n) is 4.78. The van der Waals surface area contributed by atoms with E-state index in [2.05, 4.69) is 19.4 Å². The number of esters is 1. The molecule has 0 aliphatic carbocycles. The Morgan fingerprint density at radius 2 is 2.19 bits per heavy atom. The van der Waals surface area contributed by atoms with Gasteiger partial charge in [-0.15, -0.1) is 0 Å². The van der Waals surface area contributed by atoms with Crippen molar-refractivity contribution in [3.8, 4) is 0 Å². The highest BCUT2D eigenvalue weighted by molar-refractivity contribution is 6.02. The highest BCUT2D eigenvalue weighted by atomic mass is 16.5. The van der Waals surface area contributed by atoms with E-state index < -0.39 is 12.0 Å². The number of nitrogens with zero attached hydrogens (tertiary/aromatic N) is 2. The van der Waals surface area contributed by atoms with Gasteiger partial charge in [0.25, 0.3) is 0 Å². The fourth-order valence-corrected chi connectivity index (χ4v) is 1.05. The number of rotatable bonds is 6. The van der Waals surface area contributed by atoms with Gasteiger partial charge in [-0.2, -0.15) is 0 Å². The van der Waals surface area contributed by atoms with Gasteiger partial charge in [0.15, 0.2) is 12.4 Å². The molecule has 0 bridgehead atoms. The zero-order valence-electron chi connectivity index (χ0n) is 9.71. The maximum Gasteiger partial charge on any atom is 0.375 e. The molecule has 6 heteroatoms. The minimum Gasteiger partial charge on any atom is -0.560 e. The molecule has 16 heavy (non-hydrogen) atoms. The van der Waals surface area contributed by atoms with Crippen LogP contribution in [0.3, 0.4) is 0 Å². The van der Waals surface area contributed by atoms with E-state index in [-0.39, 0.29) is 0 Å². The second-order valence-electron chi connectivity index (χ2n) is 2.80. The number of hydrogen-bond donors (Lipinski definition) is 0. The lowest BCUT2D eigenvalue weighted by Gasteiger charge is -2.09. The number of allylic oxidation sites excluding steroid dienone is 1. The van der Waals surface area contributed by atoms with Gasteiger partial charge in [0.1, 0.15) is 0 Å². The van der Waals surface area contributed by atoms with E-state index in [1.165, 1.54) is 7.11 Å². The van der Waals surface area contributed by atoms with Gasteiger partial charge in [-0.25, -0.2) is 9.79 Å². The van der Waals surface area contributed by atoms with Crippen LogP contribution < -0.4 is 0 Å². The van der Waals surface area contributed by atoms with Crippen LogP contribution in [0.5, 0.6) is 0 Å². The summed E-state index contributed by atoms with van der Waals surface area (Å²) in [6.45, 7) is 3.63. The number of carbonyl (C=O) groups is 1. The molecule has 0 saturated heterocycles. The molecule has 0 aliphatic rings.